The van der Waals surface area contributed by atoms with E-state index in [1.807, 2.05) is 30.3 Å². The third kappa shape index (κ3) is 4.15. The molecule has 0 spiro atoms. The molecular formula is C15H17BrN2O3. The Morgan fingerprint density at radius 1 is 1.33 bits per heavy atom. The molecule has 1 aromatic carbocycles. The predicted molar refractivity (Wildman–Crippen MR) is 81.7 cm³/mol. The van der Waals surface area contributed by atoms with E-state index in [-0.39, 0.29) is 12.3 Å². The molecule has 0 bridgehead atoms. The number of benzene rings is 1. The number of hydrogen-bond donors (Lipinski definition) is 2. The number of amides is 2. The zero-order chi connectivity index (χ0) is 15.2. The van der Waals surface area contributed by atoms with Crippen molar-refractivity contribution in [1.29, 1.82) is 0 Å². The SMILES string of the molecule is O=C(CCC1=CCN(CCc2ccccc2Br)C1=O)NO. The molecule has 0 unspecified atom stereocenters. The fourth-order valence-corrected chi connectivity index (χ4v) is 2.74. The van der Waals surface area contributed by atoms with Crippen LogP contribution in [0.5, 0.6) is 0 Å². The lowest BCUT2D eigenvalue weighted by atomic mass is 10.1. The van der Waals surface area contributed by atoms with Gasteiger partial charge in [0.25, 0.3) is 0 Å². The van der Waals surface area contributed by atoms with Crippen LogP contribution < -0.4 is 5.48 Å². The summed E-state index contributed by atoms with van der Waals surface area (Å²) in [5.74, 6) is -0.497. The fraction of sp³-hybridized carbons (Fsp3) is 0.333. The first kappa shape index (κ1) is 15.7. The van der Waals surface area contributed by atoms with Crippen molar-refractivity contribution in [2.75, 3.05) is 13.1 Å². The molecule has 6 heteroatoms. The zero-order valence-electron chi connectivity index (χ0n) is 11.5. The Balaban J connectivity index is 1.84. The van der Waals surface area contributed by atoms with Gasteiger partial charge in [-0.1, -0.05) is 40.2 Å². The van der Waals surface area contributed by atoms with Crippen LogP contribution in [-0.4, -0.2) is 35.0 Å². The molecule has 2 rings (SSSR count). The van der Waals surface area contributed by atoms with Crippen molar-refractivity contribution >= 4 is 27.7 Å². The van der Waals surface area contributed by atoms with Crippen LogP contribution in [0.4, 0.5) is 0 Å². The molecule has 1 aliphatic heterocycles. The van der Waals surface area contributed by atoms with E-state index in [9.17, 15) is 9.59 Å². The summed E-state index contributed by atoms with van der Waals surface area (Å²) in [4.78, 5) is 24.9. The molecule has 0 saturated heterocycles. The molecule has 21 heavy (non-hydrogen) atoms. The highest BCUT2D eigenvalue weighted by Gasteiger charge is 2.23. The first-order valence-corrected chi connectivity index (χ1v) is 7.55. The smallest absolute Gasteiger partial charge is 0.249 e. The monoisotopic (exact) mass is 352 g/mol. The predicted octanol–water partition coefficient (Wildman–Crippen LogP) is 2.05. The van der Waals surface area contributed by atoms with Gasteiger partial charge in [0.2, 0.25) is 11.8 Å². The molecule has 112 valence electrons. The number of nitrogens with zero attached hydrogens (tertiary/aromatic N) is 1. The first-order chi connectivity index (χ1) is 10.1. The second-order valence-corrected chi connectivity index (χ2v) is 5.71. The third-order valence-electron chi connectivity index (χ3n) is 3.47. The average Bonchev–Trinajstić information content (AvgIpc) is 2.84. The van der Waals surface area contributed by atoms with Crippen molar-refractivity contribution in [2.45, 2.75) is 19.3 Å². The highest BCUT2D eigenvalue weighted by atomic mass is 79.9. The summed E-state index contributed by atoms with van der Waals surface area (Å²) >= 11 is 3.50. The van der Waals surface area contributed by atoms with Crippen molar-refractivity contribution in [3.05, 3.63) is 46.0 Å². The molecule has 1 aliphatic rings. The molecule has 0 fully saturated rings. The fourth-order valence-electron chi connectivity index (χ4n) is 2.26. The van der Waals surface area contributed by atoms with Gasteiger partial charge in [0.15, 0.2) is 0 Å². The Labute approximate surface area is 131 Å². The van der Waals surface area contributed by atoms with Crippen LogP contribution in [0.1, 0.15) is 18.4 Å². The Bertz CT molecular complexity index is 572. The quantitative estimate of drug-likeness (QED) is 0.608. The largest absolute Gasteiger partial charge is 0.335 e. The maximum absolute atomic E-state index is 12.2. The number of rotatable bonds is 6. The lowest BCUT2D eigenvalue weighted by Gasteiger charge is -2.17. The summed E-state index contributed by atoms with van der Waals surface area (Å²) in [6.07, 6.45) is 3.11. The van der Waals surface area contributed by atoms with Gasteiger partial charge in [0.05, 0.1) is 0 Å². The van der Waals surface area contributed by atoms with E-state index >= 15 is 0 Å². The summed E-state index contributed by atoms with van der Waals surface area (Å²) in [6, 6.07) is 7.95. The molecule has 0 radical (unpaired) electrons. The van der Waals surface area contributed by atoms with Gasteiger partial charge in [-0.3, -0.25) is 14.8 Å². The van der Waals surface area contributed by atoms with E-state index in [1.165, 1.54) is 5.56 Å². The van der Waals surface area contributed by atoms with Gasteiger partial charge >= 0.3 is 0 Å². The van der Waals surface area contributed by atoms with Gasteiger partial charge in [-0.2, -0.15) is 0 Å². The van der Waals surface area contributed by atoms with Crippen molar-refractivity contribution < 1.29 is 14.8 Å². The van der Waals surface area contributed by atoms with Gasteiger partial charge in [-0.05, 0) is 24.5 Å². The number of halogens is 1. The standard InChI is InChI=1S/C15H17BrN2O3/c16-13-4-2-1-3-11(13)7-9-18-10-8-12(15(18)20)5-6-14(19)17-21/h1-4,8,21H,5-7,9-10H2,(H,17,19). The van der Waals surface area contributed by atoms with E-state index in [4.69, 9.17) is 5.21 Å². The van der Waals surface area contributed by atoms with E-state index in [2.05, 4.69) is 15.9 Å². The molecule has 2 amide bonds. The number of nitrogens with one attached hydrogen (secondary N) is 1. The maximum Gasteiger partial charge on any atom is 0.249 e. The summed E-state index contributed by atoms with van der Waals surface area (Å²) in [5, 5.41) is 8.44. The zero-order valence-corrected chi connectivity index (χ0v) is 13.1. The normalized spacial score (nSPS) is 14.3. The van der Waals surface area contributed by atoms with Crippen LogP contribution in [0.3, 0.4) is 0 Å². The molecule has 1 heterocycles. The Morgan fingerprint density at radius 3 is 2.81 bits per heavy atom. The number of hydroxylamine groups is 1. The van der Waals surface area contributed by atoms with E-state index in [1.54, 1.807) is 10.4 Å². The minimum Gasteiger partial charge on any atom is -0.335 e. The molecule has 5 nitrogen and oxygen atoms in total. The molecular weight excluding hydrogens is 336 g/mol. The van der Waals surface area contributed by atoms with Gasteiger partial charge in [0.1, 0.15) is 0 Å². The first-order valence-electron chi connectivity index (χ1n) is 6.76. The summed E-state index contributed by atoms with van der Waals surface area (Å²) in [5.41, 5.74) is 3.38. The molecule has 0 aliphatic carbocycles. The number of hydrogen-bond acceptors (Lipinski definition) is 3. The summed E-state index contributed by atoms with van der Waals surface area (Å²) in [7, 11) is 0. The van der Waals surface area contributed by atoms with Crippen LogP contribution in [0.2, 0.25) is 0 Å². The second-order valence-electron chi connectivity index (χ2n) is 4.86. The highest BCUT2D eigenvalue weighted by molar-refractivity contribution is 9.10. The van der Waals surface area contributed by atoms with Crippen molar-refractivity contribution in [3.8, 4) is 0 Å². The molecule has 0 aromatic heterocycles. The van der Waals surface area contributed by atoms with Crippen molar-refractivity contribution in [2.24, 2.45) is 0 Å². The topological polar surface area (TPSA) is 69.6 Å². The van der Waals surface area contributed by atoms with Crippen LogP contribution >= 0.6 is 15.9 Å². The number of carbonyl (C=O) groups is 2. The van der Waals surface area contributed by atoms with Crippen LogP contribution in [0.15, 0.2) is 40.4 Å². The lowest BCUT2D eigenvalue weighted by molar-refractivity contribution is -0.129. The van der Waals surface area contributed by atoms with Gasteiger partial charge in [0, 0.05) is 29.6 Å². The van der Waals surface area contributed by atoms with E-state index in [0.29, 0.717) is 25.1 Å². The molecule has 2 N–H and O–H groups in total. The van der Waals surface area contributed by atoms with Gasteiger partial charge in [-0.15, -0.1) is 0 Å². The second kappa shape index (κ2) is 7.38. The third-order valence-corrected chi connectivity index (χ3v) is 4.25. The van der Waals surface area contributed by atoms with E-state index in [0.717, 1.165) is 10.9 Å². The van der Waals surface area contributed by atoms with Gasteiger partial charge < -0.3 is 4.90 Å². The number of carbonyl (C=O) groups excluding carboxylic acids is 2. The minimum atomic E-state index is -0.477. The summed E-state index contributed by atoms with van der Waals surface area (Å²) < 4.78 is 1.05. The lowest BCUT2D eigenvalue weighted by Crippen LogP contribution is -2.29. The minimum absolute atomic E-state index is 0.0206. The molecule has 0 atom stereocenters. The van der Waals surface area contributed by atoms with Crippen LogP contribution in [-0.2, 0) is 16.0 Å². The Kier molecular flexibility index (Phi) is 5.52. The summed E-state index contributed by atoms with van der Waals surface area (Å²) in [6.45, 7) is 1.23. The Hall–Kier alpha value is -1.66. The van der Waals surface area contributed by atoms with Gasteiger partial charge in [-0.25, -0.2) is 5.48 Å². The molecule has 1 aromatic rings. The van der Waals surface area contributed by atoms with E-state index < -0.39 is 5.91 Å². The average molecular weight is 353 g/mol. The van der Waals surface area contributed by atoms with Crippen LogP contribution in [0.25, 0.3) is 0 Å². The van der Waals surface area contributed by atoms with Crippen molar-refractivity contribution in [1.82, 2.24) is 10.4 Å². The maximum atomic E-state index is 12.2. The van der Waals surface area contributed by atoms with Crippen LogP contribution in [0, 0.1) is 0 Å². The highest BCUT2D eigenvalue weighted by Crippen LogP contribution is 2.20. The Morgan fingerprint density at radius 2 is 2.10 bits per heavy atom. The van der Waals surface area contributed by atoms with Crippen molar-refractivity contribution in [3.63, 3.8) is 0 Å². The molecule has 0 saturated carbocycles.